The highest BCUT2D eigenvalue weighted by Crippen LogP contribution is 2.35. The molecule has 4 rings (SSSR count). The standard InChI is InChI=1S/C27H33N5O3/c1-4-24(33)29-25-19(2)30-32(22-10-6-5-7-11-22)27(25)31-15-13-21(14-16-31)26(34)28-18-20-9-8-12-23(17-20)35-3/h5-12,17,21H,4,13-16,18H2,1-3H3,(H,28,34)(H,29,33). The number of anilines is 2. The number of aryl methyl sites for hydroxylation is 1. The smallest absolute Gasteiger partial charge is 0.224 e. The Hall–Kier alpha value is -3.81. The number of ether oxygens (including phenoxy) is 1. The van der Waals surface area contributed by atoms with Gasteiger partial charge in [-0.3, -0.25) is 9.59 Å². The third kappa shape index (κ3) is 5.65. The highest BCUT2D eigenvalue weighted by Gasteiger charge is 2.30. The molecule has 0 aliphatic carbocycles. The number of piperidine rings is 1. The largest absolute Gasteiger partial charge is 0.497 e. The van der Waals surface area contributed by atoms with Crippen molar-refractivity contribution in [2.45, 2.75) is 39.7 Å². The molecule has 35 heavy (non-hydrogen) atoms. The molecule has 1 aliphatic rings. The van der Waals surface area contributed by atoms with Crippen LogP contribution < -0.4 is 20.3 Å². The maximum atomic E-state index is 12.9. The molecule has 1 aliphatic heterocycles. The van der Waals surface area contributed by atoms with E-state index < -0.39 is 0 Å². The van der Waals surface area contributed by atoms with Crippen molar-refractivity contribution in [3.63, 3.8) is 0 Å². The van der Waals surface area contributed by atoms with Crippen molar-refractivity contribution < 1.29 is 14.3 Å². The van der Waals surface area contributed by atoms with Gasteiger partial charge in [0.05, 0.1) is 18.5 Å². The fourth-order valence-corrected chi connectivity index (χ4v) is 4.40. The molecule has 2 amide bonds. The van der Waals surface area contributed by atoms with Crippen molar-refractivity contribution in [1.82, 2.24) is 15.1 Å². The van der Waals surface area contributed by atoms with E-state index in [1.807, 2.05) is 73.1 Å². The molecular weight excluding hydrogens is 442 g/mol. The van der Waals surface area contributed by atoms with Crippen LogP contribution in [0.1, 0.15) is 37.4 Å². The van der Waals surface area contributed by atoms with Gasteiger partial charge in [-0.1, -0.05) is 37.3 Å². The van der Waals surface area contributed by atoms with E-state index in [1.54, 1.807) is 7.11 Å². The van der Waals surface area contributed by atoms with Crippen LogP contribution in [-0.4, -0.2) is 41.8 Å². The van der Waals surface area contributed by atoms with Gasteiger partial charge in [0.1, 0.15) is 11.4 Å². The summed E-state index contributed by atoms with van der Waals surface area (Å²) in [5.74, 6) is 1.61. The monoisotopic (exact) mass is 475 g/mol. The SMILES string of the molecule is CCC(=O)Nc1c(C)nn(-c2ccccc2)c1N1CCC(C(=O)NCc2cccc(OC)c2)CC1. The Kier molecular flexibility index (Phi) is 7.70. The average Bonchev–Trinajstić information content (AvgIpc) is 3.23. The summed E-state index contributed by atoms with van der Waals surface area (Å²) in [6.07, 6.45) is 1.85. The van der Waals surface area contributed by atoms with Gasteiger partial charge < -0.3 is 20.3 Å². The van der Waals surface area contributed by atoms with Crippen LogP contribution in [0, 0.1) is 12.8 Å². The Labute approximate surface area is 206 Å². The van der Waals surface area contributed by atoms with Crippen LogP contribution in [0.25, 0.3) is 5.69 Å². The Bertz CT molecular complexity index is 1170. The molecule has 184 valence electrons. The van der Waals surface area contributed by atoms with Crippen LogP contribution in [0.4, 0.5) is 11.5 Å². The quantitative estimate of drug-likeness (QED) is 0.513. The summed E-state index contributed by atoms with van der Waals surface area (Å²) in [4.78, 5) is 27.4. The predicted octanol–water partition coefficient (Wildman–Crippen LogP) is 4.07. The van der Waals surface area contributed by atoms with Crippen molar-refractivity contribution in [2.75, 3.05) is 30.4 Å². The number of amides is 2. The van der Waals surface area contributed by atoms with E-state index >= 15 is 0 Å². The van der Waals surface area contributed by atoms with E-state index in [-0.39, 0.29) is 17.7 Å². The molecule has 1 fully saturated rings. The molecule has 0 atom stereocenters. The fraction of sp³-hybridized carbons (Fsp3) is 0.370. The van der Waals surface area contributed by atoms with Gasteiger partial charge in [0.25, 0.3) is 0 Å². The lowest BCUT2D eigenvalue weighted by Crippen LogP contribution is -2.41. The minimum absolute atomic E-state index is 0.0474. The summed E-state index contributed by atoms with van der Waals surface area (Å²) >= 11 is 0. The number of para-hydroxylation sites is 1. The van der Waals surface area contributed by atoms with Gasteiger partial charge in [-0.05, 0) is 49.6 Å². The number of aromatic nitrogens is 2. The molecule has 8 heteroatoms. The van der Waals surface area contributed by atoms with Gasteiger partial charge in [-0.25, -0.2) is 4.68 Å². The summed E-state index contributed by atoms with van der Waals surface area (Å²) in [7, 11) is 1.63. The van der Waals surface area contributed by atoms with Crippen molar-refractivity contribution >= 4 is 23.3 Å². The molecule has 0 spiro atoms. The molecule has 2 heterocycles. The summed E-state index contributed by atoms with van der Waals surface area (Å²) in [5, 5.41) is 10.9. The third-order valence-corrected chi connectivity index (χ3v) is 6.39. The lowest BCUT2D eigenvalue weighted by molar-refractivity contribution is -0.125. The van der Waals surface area contributed by atoms with Crippen LogP contribution in [0.3, 0.4) is 0 Å². The minimum atomic E-state index is -0.0558. The summed E-state index contributed by atoms with van der Waals surface area (Å²) in [6.45, 7) is 5.62. The number of rotatable bonds is 8. The average molecular weight is 476 g/mol. The number of nitrogens with one attached hydrogen (secondary N) is 2. The summed E-state index contributed by atoms with van der Waals surface area (Å²) < 4.78 is 7.16. The number of nitrogens with zero attached hydrogens (tertiary/aromatic N) is 3. The van der Waals surface area contributed by atoms with Crippen LogP contribution >= 0.6 is 0 Å². The molecule has 2 aromatic carbocycles. The third-order valence-electron chi connectivity index (χ3n) is 6.39. The van der Waals surface area contributed by atoms with Crippen LogP contribution in [0.15, 0.2) is 54.6 Å². The van der Waals surface area contributed by atoms with Crippen molar-refractivity contribution in [3.05, 3.63) is 65.9 Å². The van der Waals surface area contributed by atoms with Crippen LogP contribution in [0.2, 0.25) is 0 Å². The van der Waals surface area contributed by atoms with Gasteiger partial charge in [0, 0.05) is 32.0 Å². The van der Waals surface area contributed by atoms with Gasteiger partial charge in [-0.2, -0.15) is 5.10 Å². The minimum Gasteiger partial charge on any atom is -0.497 e. The Morgan fingerprint density at radius 1 is 1.09 bits per heavy atom. The fourth-order valence-electron chi connectivity index (χ4n) is 4.40. The first-order valence-electron chi connectivity index (χ1n) is 12.1. The van der Waals surface area contributed by atoms with E-state index in [0.29, 0.717) is 26.1 Å². The number of carbonyl (C=O) groups is 2. The molecule has 3 aromatic rings. The molecule has 1 saturated heterocycles. The first-order chi connectivity index (χ1) is 17.0. The molecule has 2 N–H and O–H groups in total. The number of methoxy groups -OCH3 is 1. The Balaban J connectivity index is 1.47. The second-order valence-electron chi connectivity index (χ2n) is 8.76. The summed E-state index contributed by atoms with van der Waals surface area (Å²) in [6, 6.07) is 17.6. The van der Waals surface area contributed by atoms with Crippen molar-refractivity contribution in [3.8, 4) is 11.4 Å². The number of hydrogen-bond acceptors (Lipinski definition) is 5. The molecule has 8 nitrogen and oxygen atoms in total. The first-order valence-corrected chi connectivity index (χ1v) is 12.1. The molecule has 0 unspecified atom stereocenters. The van der Waals surface area contributed by atoms with E-state index in [0.717, 1.165) is 47.0 Å². The molecule has 0 saturated carbocycles. The zero-order valence-corrected chi connectivity index (χ0v) is 20.6. The van der Waals surface area contributed by atoms with Crippen LogP contribution in [-0.2, 0) is 16.1 Å². The van der Waals surface area contributed by atoms with Gasteiger partial charge >= 0.3 is 0 Å². The first kappa shape index (κ1) is 24.3. The van der Waals surface area contributed by atoms with Gasteiger partial charge in [0.15, 0.2) is 5.82 Å². The molecule has 0 radical (unpaired) electrons. The van der Waals surface area contributed by atoms with Crippen molar-refractivity contribution in [2.24, 2.45) is 5.92 Å². The second-order valence-corrected chi connectivity index (χ2v) is 8.76. The maximum Gasteiger partial charge on any atom is 0.224 e. The van der Waals surface area contributed by atoms with Gasteiger partial charge in [0.2, 0.25) is 11.8 Å². The van der Waals surface area contributed by atoms with E-state index in [1.165, 1.54) is 0 Å². The van der Waals surface area contributed by atoms with Crippen molar-refractivity contribution in [1.29, 1.82) is 0 Å². The zero-order chi connectivity index (χ0) is 24.8. The van der Waals surface area contributed by atoms with E-state index in [2.05, 4.69) is 15.5 Å². The van der Waals surface area contributed by atoms with Gasteiger partial charge in [-0.15, -0.1) is 0 Å². The summed E-state index contributed by atoms with van der Waals surface area (Å²) in [5.41, 5.74) is 3.44. The van der Waals surface area contributed by atoms with Crippen LogP contribution in [0.5, 0.6) is 5.75 Å². The maximum absolute atomic E-state index is 12.9. The molecule has 0 bridgehead atoms. The number of benzene rings is 2. The molecule has 1 aromatic heterocycles. The zero-order valence-electron chi connectivity index (χ0n) is 20.6. The molecular formula is C27H33N5O3. The lowest BCUT2D eigenvalue weighted by atomic mass is 9.95. The predicted molar refractivity (Wildman–Crippen MR) is 137 cm³/mol. The lowest BCUT2D eigenvalue weighted by Gasteiger charge is -2.33. The normalized spacial score (nSPS) is 14.0. The highest BCUT2D eigenvalue weighted by atomic mass is 16.5. The number of hydrogen-bond donors (Lipinski definition) is 2. The number of carbonyl (C=O) groups excluding carboxylic acids is 2. The van der Waals surface area contributed by atoms with E-state index in [4.69, 9.17) is 9.84 Å². The Morgan fingerprint density at radius 3 is 2.51 bits per heavy atom. The second kappa shape index (κ2) is 11.1. The van der Waals surface area contributed by atoms with E-state index in [9.17, 15) is 9.59 Å². The Morgan fingerprint density at radius 2 is 1.83 bits per heavy atom. The topological polar surface area (TPSA) is 88.5 Å². The highest BCUT2D eigenvalue weighted by molar-refractivity contribution is 5.94.